The van der Waals surface area contributed by atoms with Gasteiger partial charge in [-0.15, -0.1) is 0 Å². The van der Waals surface area contributed by atoms with Crippen LogP contribution >= 0.6 is 11.6 Å². The molecule has 2 N–H and O–H groups in total. The Hall–Kier alpha value is -1.85. The molecule has 98 valence electrons. The molecule has 0 bridgehead atoms. The van der Waals surface area contributed by atoms with Gasteiger partial charge in [-0.25, -0.2) is 4.68 Å². The van der Waals surface area contributed by atoms with Gasteiger partial charge >= 0.3 is 0 Å². The number of rotatable bonds is 3. The van der Waals surface area contributed by atoms with Crippen LogP contribution in [0.2, 0.25) is 5.02 Å². The predicted octanol–water partition coefficient (Wildman–Crippen LogP) is 1.68. The highest BCUT2D eigenvalue weighted by molar-refractivity contribution is 6.31. The number of hydrogen-bond donors (Lipinski definition) is 2. The van der Waals surface area contributed by atoms with E-state index in [1.807, 2.05) is 18.3 Å². The molecule has 1 aromatic heterocycles. The second-order valence-corrected chi connectivity index (χ2v) is 4.89. The molecule has 6 heteroatoms. The van der Waals surface area contributed by atoms with Crippen LogP contribution < -0.4 is 10.6 Å². The Morgan fingerprint density at radius 2 is 2.32 bits per heavy atom. The molecule has 0 radical (unpaired) electrons. The molecular formula is C13H13ClN4O. The van der Waals surface area contributed by atoms with Crippen molar-refractivity contribution in [3.05, 3.63) is 41.7 Å². The second-order valence-electron chi connectivity index (χ2n) is 4.46. The van der Waals surface area contributed by atoms with Gasteiger partial charge in [-0.2, -0.15) is 5.10 Å². The number of nitrogens with one attached hydrogen (secondary N) is 2. The van der Waals surface area contributed by atoms with Crippen LogP contribution in [0.4, 0.5) is 5.69 Å². The van der Waals surface area contributed by atoms with Crippen LogP contribution in [0.25, 0.3) is 5.69 Å². The number of carbonyl (C=O) groups is 1. The van der Waals surface area contributed by atoms with Gasteiger partial charge in [0.15, 0.2) is 0 Å². The van der Waals surface area contributed by atoms with E-state index in [0.29, 0.717) is 10.7 Å². The highest BCUT2D eigenvalue weighted by atomic mass is 35.5. The van der Waals surface area contributed by atoms with Crippen LogP contribution in [0.5, 0.6) is 0 Å². The summed E-state index contributed by atoms with van der Waals surface area (Å²) >= 11 is 6.00. The first-order valence-electron chi connectivity index (χ1n) is 6.05. The largest absolute Gasteiger partial charge is 0.324 e. The topological polar surface area (TPSA) is 59.0 Å². The van der Waals surface area contributed by atoms with Crippen molar-refractivity contribution in [3.63, 3.8) is 0 Å². The second kappa shape index (κ2) is 5.03. The van der Waals surface area contributed by atoms with E-state index < -0.39 is 0 Å². The fourth-order valence-electron chi connectivity index (χ4n) is 1.93. The van der Waals surface area contributed by atoms with E-state index in [2.05, 4.69) is 15.7 Å². The highest BCUT2D eigenvalue weighted by Gasteiger charge is 2.25. The maximum Gasteiger partial charge on any atom is 0.230 e. The molecule has 0 spiro atoms. The normalized spacial score (nSPS) is 15.0. The number of benzene rings is 1. The quantitative estimate of drug-likeness (QED) is 0.897. The lowest BCUT2D eigenvalue weighted by Gasteiger charge is -2.26. The molecule has 1 aromatic carbocycles. The van der Waals surface area contributed by atoms with Crippen LogP contribution in [0, 0.1) is 5.92 Å². The molecule has 0 saturated carbocycles. The SMILES string of the molecule is O=C(Nc1cc(Cl)ccc1-n1cccn1)C1CNC1. The van der Waals surface area contributed by atoms with Crippen LogP contribution in [-0.4, -0.2) is 28.8 Å². The van der Waals surface area contributed by atoms with Crippen molar-refractivity contribution in [2.45, 2.75) is 0 Å². The van der Waals surface area contributed by atoms with Gasteiger partial charge in [0.25, 0.3) is 0 Å². The fraction of sp³-hybridized carbons (Fsp3) is 0.231. The third-order valence-electron chi connectivity index (χ3n) is 3.12. The number of anilines is 1. The van der Waals surface area contributed by atoms with E-state index in [1.165, 1.54) is 0 Å². The van der Waals surface area contributed by atoms with Crippen molar-refractivity contribution in [1.82, 2.24) is 15.1 Å². The number of nitrogens with zero attached hydrogens (tertiary/aromatic N) is 2. The van der Waals surface area contributed by atoms with E-state index in [1.54, 1.807) is 23.0 Å². The zero-order chi connectivity index (χ0) is 13.2. The van der Waals surface area contributed by atoms with Gasteiger partial charge in [-0.05, 0) is 24.3 Å². The lowest BCUT2D eigenvalue weighted by molar-refractivity contribution is -0.121. The molecule has 0 aliphatic carbocycles. The molecule has 0 atom stereocenters. The molecule has 0 unspecified atom stereocenters. The van der Waals surface area contributed by atoms with Crippen LogP contribution in [0.3, 0.4) is 0 Å². The Kier molecular flexibility index (Phi) is 3.23. The van der Waals surface area contributed by atoms with Gasteiger partial charge in [-0.1, -0.05) is 11.6 Å². The molecule has 2 aromatic rings. The summed E-state index contributed by atoms with van der Waals surface area (Å²) in [5, 5.41) is 10.7. The Balaban J connectivity index is 1.90. The first kappa shape index (κ1) is 12.2. The Morgan fingerprint density at radius 3 is 2.95 bits per heavy atom. The lowest BCUT2D eigenvalue weighted by Crippen LogP contribution is -2.48. The number of hydrogen-bond acceptors (Lipinski definition) is 3. The monoisotopic (exact) mass is 276 g/mol. The molecule has 1 aliphatic heterocycles. The van der Waals surface area contributed by atoms with Gasteiger partial charge in [0.1, 0.15) is 0 Å². The Labute approximate surface area is 115 Å². The zero-order valence-corrected chi connectivity index (χ0v) is 10.9. The maximum absolute atomic E-state index is 12.0. The van der Waals surface area contributed by atoms with Crippen LogP contribution in [-0.2, 0) is 4.79 Å². The van der Waals surface area contributed by atoms with E-state index in [0.717, 1.165) is 18.8 Å². The van der Waals surface area contributed by atoms with E-state index in [4.69, 9.17) is 11.6 Å². The number of amides is 1. The summed E-state index contributed by atoms with van der Waals surface area (Å²) in [7, 11) is 0. The van der Waals surface area contributed by atoms with Crippen LogP contribution in [0.15, 0.2) is 36.7 Å². The fourth-order valence-corrected chi connectivity index (χ4v) is 2.10. The summed E-state index contributed by atoms with van der Waals surface area (Å²) < 4.78 is 1.70. The molecular weight excluding hydrogens is 264 g/mol. The minimum absolute atomic E-state index is 0.00872. The van der Waals surface area contributed by atoms with Crippen molar-refractivity contribution in [3.8, 4) is 5.69 Å². The standard InChI is InChI=1S/C13H13ClN4O/c14-10-2-3-12(18-5-1-4-16-18)11(6-10)17-13(19)9-7-15-8-9/h1-6,9,15H,7-8H2,(H,17,19). The molecule has 1 amide bonds. The molecule has 3 rings (SSSR count). The average molecular weight is 277 g/mol. The molecule has 1 saturated heterocycles. The van der Waals surface area contributed by atoms with Crippen molar-refractivity contribution in [1.29, 1.82) is 0 Å². The summed E-state index contributed by atoms with van der Waals surface area (Å²) in [6.07, 6.45) is 3.51. The summed E-state index contributed by atoms with van der Waals surface area (Å²) in [6, 6.07) is 7.18. The van der Waals surface area contributed by atoms with Gasteiger partial charge in [0, 0.05) is 30.5 Å². The number of carbonyl (C=O) groups excluding carboxylic acids is 1. The van der Waals surface area contributed by atoms with Gasteiger partial charge in [0.05, 0.1) is 17.3 Å². The third-order valence-corrected chi connectivity index (χ3v) is 3.36. The van der Waals surface area contributed by atoms with Gasteiger partial charge in [-0.3, -0.25) is 4.79 Å². The summed E-state index contributed by atoms with van der Waals surface area (Å²) in [5.74, 6) is 0.0406. The van der Waals surface area contributed by atoms with Crippen molar-refractivity contribution >= 4 is 23.2 Å². The van der Waals surface area contributed by atoms with E-state index in [-0.39, 0.29) is 11.8 Å². The summed E-state index contributed by atoms with van der Waals surface area (Å²) in [4.78, 5) is 12.0. The summed E-state index contributed by atoms with van der Waals surface area (Å²) in [5.41, 5.74) is 1.48. The van der Waals surface area contributed by atoms with Crippen molar-refractivity contribution in [2.75, 3.05) is 18.4 Å². The number of aromatic nitrogens is 2. The van der Waals surface area contributed by atoms with E-state index in [9.17, 15) is 4.79 Å². The third kappa shape index (κ3) is 2.47. The summed E-state index contributed by atoms with van der Waals surface area (Å²) in [6.45, 7) is 1.45. The maximum atomic E-state index is 12.0. The molecule has 19 heavy (non-hydrogen) atoms. The minimum atomic E-state index is 0.00872. The van der Waals surface area contributed by atoms with Crippen LogP contribution in [0.1, 0.15) is 0 Å². The lowest BCUT2D eigenvalue weighted by atomic mass is 10.0. The first-order chi connectivity index (χ1) is 9.24. The van der Waals surface area contributed by atoms with Gasteiger partial charge in [0.2, 0.25) is 5.91 Å². The Bertz CT molecular complexity index is 593. The van der Waals surface area contributed by atoms with Gasteiger partial charge < -0.3 is 10.6 Å². The molecule has 1 aliphatic rings. The first-order valence-corrected chi connectivity index (χ1v) is 6.43. The smallest absolute Gasteiger partial charge is 0.230 e. The van der Waals surface area contributed by atoms with E-state index >= 15 is 0 Å². The minimum Gasteiger partial charge on any atom is -0.324 e. The molecule has 1 fully saturated rings. The highest BCUT2D eigenvalue weighted by Crippen LogP contribution is 2.24. The predicted molar refractivity (Wildman–Crippen MR) is 73.6 cm³/mol. The zero-order valence-electron chi connectivity index (χ0n) is 10.1. The Morgan fingerprint density at radius 1 is 1.47 bits per heavy atom. The molecule has 2 heterocycles. The molecule has 5 nitrogen and oxygen atoms in total. The average Bonchev–Trinajstić information content (AvgIpc) is 2.80. The van der Waals surface area contributed by atoms with Crippen molar-refractivity contribution in [2.24, 2.45) is 5.92 Å². The van der Waals surface area contributed by atoms with Crippen molar-refractivity contribution < 1.29 is 4.79 Å². The number of halogens is 1.